The van der Waals surface area contributed by atoms with Gasteiger partial charge < -0.3 is 50.3 Å². The van der Waals surface area contributed by atoms with Crippen LogP contribution in [-0.4, -0.2) is 111 Å². The van der Waals surface area contributed by atoms with E-state index in [9.17, 15) is 64.5 Å². The van der Waals surface area contributed by atoms with Crippen molar-refractivity contribution in [3.05, 3.63) is 390 Å². The average Bonchev–Trinajstić information content (AvgIpc) is 0.811. The van der Waals surface area contributed by atoms with Crippen molar-refractivity contribution >= 4 is 89.4 Å². The number of aromatic nitrogens is 8. The number of aryl methyl sites for hydroxylation is 2. The van der Waals surface area contributed by atoms with Crippen LogP contribution in [-0.2, 0) is 19.9 Å². The number of amides is 5. The van der Waals surface area contributed by atoms with E-state index in [0.717, 1.165) is 52.2 Å². The van der Waals surface area contributed by atoms with E-state index in [1.54, 1.807) is 128 Å². The van der Waals surface area contributed by atoms with Crippen LogP contribution < -0.4 is 50.3 Å². The molecule has 0 saturated carbocycles. The number of hydrogen-bond donors (Lipinski definition) is 5. The topological polar surface area (TPSA) is 414 Å². The predicted octanol–water partition coefficient (Wildman–Crippen LogP) is 18.9. The maximum Gasteiger partial charge on any atom is 0.255 e. The molecule has 15 aromatic rings. The molecule has 0 fully saturated rings. The fourth-order valence-corrected chi connectivity index (χ4v) is 13.3. The van der Waals surface area contributed by atoms with E-state index in [2.05, 4.69) is 84.5 Å². The molecule has 10 aromatic carbocycles. The summed E-state index contributed by atoms with van der Waals surface area (Å²) in [7, 11) is -4.35. The third-order valence-electron chi connectivity index (χ3n) is 17.3. The number of nitriles is 2. The van der Waals surface area contributed by atoms with Crippen molar-refractivity contribution in [2.24, 2.45) is 0 Å². The molecule has 0 radical (unpaired) electrons. The largest absolute Gasteiger partial charge is 0.456 e. The van der Waals surface area contributed by atoms with E-state index >= 15 is 0 Å². The molecular formula is C96H72ClF3N16O14S2. The van der Waals surface area contributed by atoms with Gasteiger partial charge in [0.15, 0.2) is 27.1 Å². The van der Waals surface area contributed by atoms with Crippen LogP contribution in [0, 0.1) is 66.3 Å². The van der Waals surface area contributed by atoms with Gasteiger partial charge in [0.25, 0.3) is 29.5 Å². The zero-order valence-electron chi connectivity index (χ0n) is 70.0. The van der Waals surface area contributed by atoms with Crippen LogP contribution >= 0.6 is 11.6 Å². The molecule has 5 amide bonds. The second-order valence-corrected chi connectivity index (χ2v) is 32.5. The molecule has 0 aliphatic carbocycles. The van der Waals surface area contributed by atoms with Crippen molar-refractivity contribution in [2.45, 2.75) is 23.6 Å². The van der Waals surface area contributed by atoms with E-state index < -0.39 is 49.1 Å². The Labute approximate surface area is 759 Å². The van der Waals surface area contributed by atoms with Crippen molar-refractivity contribution in [1.29, 1.82) is 10.5 Å². The van der Waals surface area contributed by atoms with Crippen LogP contribution in [0.3, 0.4) is 0 Å². The van der Waals surface area contributed by atoms with E-state index in [1.807, 2.05) is 38.1 Å². The van der Waals surface area contributed by atoms with Gasteiger partial charge in [-0.05, 0) is 153 Å². The lowest BCUT2D eigenvalue weighted by Gasteiger charge is -2.13. The van der Waals surface area contributed by atoms with Crippen molar-refractivity contribution in [3.63, 3.8) is 0 Å². The molecule has 0 unspecified atom stereocenters. The van der Waals surface area contributed by atoms with Gasteiger partial charge in [-0.15, -0.1) is 6.42 Å². The summed E-state index contributed by atoms with van der Waals surface area (Å²) in [5, 5.41) is 32.1. The molecular weight excluding hydrogens is 1760 g/mol. The van der Waals surface area contributed by atoms with Gasteiger partial charge in [0.2, 0.25) is 10.0 Å². The molecule has 0 spiro atoms. The number of sulfonamides is 1. The number of ether oxygens (including phenoxy) is 5. The zero-order valence-corrected chi connectivity index (χ0v) is 72.4. The first-order chi connectivity index (χ1) is 63.4. The van der Waals surface area contributed by atoms with Crippen molar-refractivity contribution in [2.75, 3.05) is 46.9 Å². The number of sulfone groups is 1. The Bertz CT molecular complexity index is 6940. The summed E-state index contributed by atoms with van der Waals surface area (Å²) < 4.78 is 118. The Balaban J connectivity index is 0.000000159. The lowest BCUT2D eigenvalue weighted by Crippen LogP contribution is -2.22. The summed E-state index contributed by atoms with van der Waals surface area (Å²) in [6, 6.07) is 62.9. The molecule has 0 atom stereocenters. The van der Waals surface area contributed by atoms with Crippen LogP contribution in [0.15, 0.2) is 321 Å². The van der Waals surface area contributed by atoms with E-state index in [-0.39, 0.29) is 67.3 Å². The predicted molar refractivity (Wildman–Crippen MR) is 485 cm³/mol. The number of halogens is 4. The highest BCUT2D eigenvalue weighted by Crippen LogP contribution is 2.33. The Morgan fingerprint density at radius 2 is 0.705 bits per heavy atom. The third-order valence-corrected chi connectivity index (χ3v) is 20.5. The normalized spacial score (nSPS) is 10.5. The quantitative estimate of drug-likeness (QED) is 0.0371. The summed E-state index contributed by atoms with van der Waals surface area (Å²) in [6.45, 7) is 3.84. The highest BCUT2D eigenvalue weighted by Gasteiger charge is 2.22. The Hall–Kier alpha value is -17.4. The third kappa shape index (κ3) is 29.3. The van der Waals surface area contributed by atoms with Gasteiger partial charge in [-0.2, -0.15) is 10.5 Å². The minimum atomic E-state index is -3.69. The van der Waals surface area contributed by atoms with Gasteiger partial charge >= 0.3 is 0 Å². The summed E-state index contributed by atoms with van der Waals surface area (Å²) in [4.78, 5) is 92.7. The monoisotopic (exact) mass is 1830 g/mol. The summed E-state index contributed by atoms with van der Waals surface area (Å²) >= 11 is 6.08. The van der Waals surface area contributed by atoms with E-state index in [1.165, 1.54) is 143 Å². The number of pyridine rings is 2. The summed E-state index contributed by atoms with van der Waals surface area (Å²) in [6.07, 6.45) is 24.8. The van der Waals surface area contributed by atoms with Crippen molar-refractivity contribution < 1.29 is 77.7 Å². The number of rotatable bonds is 23. The van der Waals surface area contributed by atoms with Crippen molar-refractivity contribution in [1.82, 2.24) is 44.2 Å². The number of benzene rings is 10. The second kappa shape index (κ2) is 45.6. The lowest BCUT2D eigenvalue weighted by molar-refractivity contribution is 0.101. The number of anilines is 5. The molecule has 5 aromatic heterocycles. The highest BCUT2D eigenvalue weighted by molar-refractivity contribution is 7.90. The number of nitrogens with one attached hydrogen (secondary N) is 5. The lowest BCUT2D eigenvalue weighted by atomic mass is 10.1. The fraction of sp³-hybridized carbons (Fsp3) is 0.0521. The van der Waals surface area contributed by atoms with Crippen LogP contribution in [0.5, 0.6) is 57.5 Å². The van der Waals surface area contributed by atoms with Gasteiger partial charge in [0.1, 0.15) is 76.7 Å². The molecule has 30 nitrogen and oxygen atoms in total. The van der Waals surface area contributed by atoms with E-state index in [4.69, 9.17) is 41.7 Å². The van der Waals surface area contributed by atoms with Crippen LogP contribution in [0.25, 0.3) is 0 Å². The van der Waals surface area contributed by atoms with Crippen molar-refractivity contribution in [3.8, 4) is 82.0 Å². The molecule has 5 heterocycles. The van der Waals surface area contributed by atoms with E-state index in [0.29, 0.717) is 95.7 Å². The maximum absolute atomic E-state index is 13.9. The first kappa shape index (κ1) is 95.2. The van der Waals surface area contributed by atoms with Gasteiger partial charge in [0.05, 0.1) is 88.8 Å². The molecule has 0 aliphatic rings. The first-order valence-corrected chi connectivity index (χ1v) is 42.4. The standard InChI is InChI=1S/C20H12ClFN2O2.C20H15N3O2.C19H17FN4O4S.C19H14N4O2.C18H14FN3O4S/c1-2-13-4-3-5-14(6-13)20(25)24-17-7-15(21)8-18(10-17)26-19-9-16(22)11-23-12-19;1-14-4-2-5-16(8-14)20(24)23-17-9-15(12-21)10-19(11-17)25-18-6-3-7-22-13-18;1-24(2)29(26,27)18-5-3-4-13(6-18)19(25)23-15-7-14(20)8-16(9-15)28-17-10-21-12-22-11-17;1-13-3-2-4-15(5-13)19(24)23-16-6-14(9-20)7-17(8-16)25-18-10-21-12-22-11-18;1-27(24,25)17-4-2-3-12(5-17)18(23)22-14-6-13(19)7-15(8-14)26-16-9-20-11-21-10-16/h1,3-12H,(H,24,25);2-11,13H,1H3,(H,23,24);3-12H,1-2H3,(H,23,25);2-8,10-12H,1H3,(H,23,24);2-11H,1H3,(H,22,23). The minimum absolute atomic E-state index is 0.0162. The Morgan fingerprint density at radius 1 is 0.356 bits per heavy atom. The molecule has 132 heavy (non-hydrogen) atoms. The first-order valence-electron chi connectivity index (χ1n) is 38.6. The van der Waals surface area contributed by atoms with Crippen LogP contribution in [0.2, 0.25) is 5.02 Å². The summed E-state index contributed by atoms with van der Waals surface area (Å²) in [5.41, 5.74) is 6.77. The SMILES string of the molecule is C#Cc1cccc(C(=O)Nc2cc(Cl)cc(Oc3cncc(F)c3)c2)c1.CN(C)S(=O)(=O)c1cccc(C(=O)Nc2cc(F)cc(Oc3cncnc3)c2)c1.CS(=O)(=O)c1cccc(C(=O)Nc2cc(F)cc(Oc3cncnc3)c2)c1.Cc1cccc(C(=O)Nc2cc(C#N)cc(Oc3cccnc3)c2)c1.Cc1cccc(C(=O)Nc2cc(C#N)cc(Oc3cncnc3)c2)c1. The van der Waals surface area contributed by atoms with Gasteiger partial charge in [-0.1, -0.05) is 71.1 Å². The molecule has 0 bridgehead atoms. The zero-order chi connectivity index (χ0) is 94.3. The number of terminal acetylenes is 1. The highest BCUT2D eigenvalue weighted by atomic mass is 35.5. The molecule has 0 aliphatic heterocycles. The Kier molecular flexibility index (Phi) is 32.9. The van der Waals surface area contributed by atoms with Gasteiger partial charge in [-0.25, -0.2) is 64.2 Å². The minimum Gasteiger partial charge on any atom is -0.456 e. The number of carbonyl (C=O) groups excluding carboxylic acids is 5. The smallest absolute Gasteiger partial charge is 0.255 e. The molecule has 0 saturated heterocycles. The van der Waals surface area contributed by atoms with Crippen LogP contribution in [0.1, 0.15) is 79.6 Å². The number of nitrogens with zero attached hydrogens (tertiary/aromatic N) is 11. The average molecular weight is 1830 g/mol. The second-order valence-electron chi connectivity index (χ2n) is 27.9. The Morgan fingerprint density at radius 3 is 1.11 bits per heavy atom. The van der Waals surface area contributed by atoms with Gasteiger partial charge in [-0.3, -0.25) is 33.9 Å². The molecule has 660 valence electrons. The van der Waals surface area contributed by atoms with Crippen LogP contribution in [0.4, 0.5) is 41.6 Å². The summed E-state index contributed by atoms with van der Waals surface area (Å²) in [5.74, 6) is 1.97. The van der Waals surface area contributed by atoms with Gasteiger partial charge in [0, 0.05) is 142 Å². The fourth-order valence-electron chi connectivity index (χ4n) is 11.4. The molecule has 36 heteroatoms. The molecule has 15 rings (SSSR count). The maximum atomic E-state index is 13.9. The molecule has 5 N–H and O–H groups in total. The number of carbonyl (C=O) groups is 5. The number of hydrogen-bond acceptors (Lipinski definition) is 24.